The number of rotatable bonds is 5. The highest BCUT2D eigenvalue weighted by atomic mass is 32.2. The summed E-state index contributed by atoms with van der Waals surface area (Å²) in [5.41, 5.74) is 0. The van der Waals surface area contributed by atoms with Crippen LogP contribution < -0.4 is 0 Å². The van der Waals surface area contributed by atoms with E-state index in [1.54, 1.807) is 0 Å². The first-order valence-electron chi connectivity index (χ1n) is 6.50. The molecule has 0 spiro atoms. The van der Waals surface area contributed by atoms with Gasteiger partial charge < -0.3 is 4.98 Å². The maximum absolute atomic E-state index is 12.5. The predicted molar refractivity (Wildman–Crippen MR) is 70.2 cm³/mol. The molecule has 1 unspecified atom stereocenters. The minimum absolute atomic E-state index is 0.0194. The first-order valence-corrected chi connectivity index (χ1v) is 7.94. The fraction of sp³-hybridized carbons (Fsp3) is 0.667. The van der Waals surface area contributed by atoms with Crippen molar-refractivity contribution in [3.63, 3.8) is 0 Å². The highest BCUT2D eigenvalue weighted by molar-refractivity contribution is 7.89. The molecular formula is C12H19N3O3S. The number of aryl methyl sites for hydroxylation is 1. The Morgan fingerprint density at radius 3 is 2.89 bits per heavy atom. The van der Waals surface area contributed by atoms with Gasteiger partial charge in [-0.1, -0.05) is 6.92 Å². The molecule has 2 heterocycles. The number of H-pyrrole nitrogens is 1. The highest BCUT2D eigenvalue weighted by Gasteiger charge is 2.36. The zero-order valence-electron chi connectivity index (χ0n) is 11.2. The number of hydrogen-bond acceptors (Lipinski definition) is 4. The van der Waals surface area contributed by atoms with Gasteiger partial charge in [0.15, 0.2) is 5.03 Å². The first kappa shape index (κ1) is 14.2. The number of aromatic amines is 1. The van der Waals surface area contributed by atoms with Crippen LogP contribution >= 0.6 is 0 Å². The molecule has 0 amide bonds. The molecule has 1 aliphatic rings. The third kappa shape index (κ3) is 2.87. The summed E-state index contributed by atoms with van der Waals surface area (Å²) in [6, 6.07) is -0.212. The van der Waals surface area contributed by atoms with Crippen molar-refractivity contribution >= 4 is 15.8 Å². The molecule has 1 fully saturated rings. The lowest BCUT2D eigenvalue weighted by Crippen LogP contribution is -2.36. The quantitative estimate of drug-likeness (QED) is 0.878. The van der Waals surface area contributed by atoms with E-state index in [2.05, 4.69) is 9.97 Å². The van der Waals surface area contributed by atoms with Gasteiger partial charge in [0.2, 0.25) is 0 Å². The molecule has 1 N–H and O–H groups in total. The Morgan fingerprint density at radius 1 is 1.58 bits per heavy atom. The molecule has 7 heteroatoms. The van der Waals surface area contributed by atoms with E-state index in [4.69, 9.17) is 0 Å². The van der Waals surface area contributed by atoms with E-state index in [1.807, 2.05) is 6.92 Å². The van der Waals surface area contributed by atoms with Crippen LogP contribution in [0.3, 0.4) is 0 Å². The second-order valence-electron chi connectivity index (χ2n) is 4.87. The maximum atomic E-state index is 12.5. The van der Waals surface area contributed by atoms with Gasteiger partial charge in [0, 0.05) is 25.4 Å². The minimum Gasteiger partial charge on any atom is -0.332 e. The van der Waals surface area contributed by atoms with Crippen molar-refractivity contribution < 1.29 is 13.2 Å². The molecular weight excluding hydrogens is 266 g/mol. The number of aromatic nitrogens is 2. The van der Waals surface area contributed by atoms with Crippen molar-refractivity contribution in [3.8, 4) is 0 Å². The average molecular weight is 285 g/mol. The predicted octanol–water partition coefficient (Wildman–Crippen LogP) is 1.10. The monoisotopic (exact) mass is 285 g/mol. The van der Waals surface area contributed by atoms with E-state index in [9.17, 15) is 13.2 Å². The molecule has 1 saturated heterocycles. The normalized spacial score (nSPS) is 20.8. The SMILES string of the molecule is CCc1ncc(S(=O)(=O)N2CCCC2CC(C)=O)[nH]1. The molecule has 1 aliphatic heterocycles. The Balaban J connectivity index is 2.25. The van der Waals surface area contributed by atoms with Gasteiger partial charge in [0.25, 0.3) is 10.0 Å². The second kappa shape index (κ2) is 5.42. The summed E-state index contributed by atoms with van der Waals surface area (Å²) >= 11 is 0. The van der Waals surface area contributed by atoms with Crippen molar-refractivity contribution in [3.05, 3.63) is 12.0 Å². The summed E-state index contributed by atoms with van der Waals surface area (Å²) in [6.45, 7) is 3.87. The molecule has 0 saturated carbocycles. The number of carbonyl (C=O) groups is 1. The highest BCUT2D eigenvalue weighted by Crippen LogP contribution is 2.27. The molecule has 1 aromatic rings. The molecule has 0 radical (unpaired) electrons. The van der Waals surface area contributed by atoms with E-state index in [0.29, 0.717) is 18.8 Å². The van der Waals surface area contributed by atoms with Gasteiger partial charge in [-0.2, -0.15) is 4.31 Å². The van der Waals surface area contributed by atoms with Crippen LogP contribution in [-0.4, -0.2) is 41.1 Å². The number of nitrogens with one attached hydrogen (secondary N) is 1. The zero-order chi connectivity index (χ0) is 14.0. The molecule has 19 heavy (non-hydrogen) atoms. The number of ketones is 1. The summed E-state index contributed by atoms with van der Waals surface area (Å²) < 4.78 is 26.4. The van der Waals surface area contributed by atoms with Crippen LogP contribution in [0.5, 0.6) is 0 Å². The van der Waals surface area contributed by atoms with E-state index >= 15 is 0 Å². The first-order chi connectivity index (χ1) is 8.95. The van der Waals surface area contributed by atoms with E-state index in [-0.39, 0.29) is 23.3 Å². The lowest BCUT2D eigenvalue weighted by molar-refractivity contribution is -0.117. The molecule has 106 valence electrons. The van der Waals surface area contributed by atoms with Crippen molar-refractivity contribution in [2.45, 2.75) is 50.6 Å². The fourth-order valence-corrected chi connectivity index (χ4v) is 4.07. The largest absolute Gasteiger partial charge is 0.332 e. The summed E-state index contributed by atoms with van der Waals surface area (Å²) in [6.07, 6.45) is 3.84. The van der Waals surface area contributed by atoms with Crippen LogP contribution in [0.25, 0.3) is 0 Å². The van der Waals surface area contributed by atoms with Crippen molar-refractivity contribution in [2.24, 2.45) is 0 Å². The van der Waals surface area contributed by atoms with Crippen LogP contribution in [0.1, 0.15) is 38.9 Å². The van der Waals surface area contributed by atoms with E-state index in [0.717, 1.165) is 12.8 Å². The van der Waals surface area contributed by atoms with Crippen LogP contribution in [0, 0.1) is 0 Å². The Bertz CT molecular complexity index is 565. The van der Waals surface area contributed by atoms with Crippen LogP contribution in [0.4, 0.5) is 0 Å². The van der Waals surface area contributed by atoms with Crippen molar-refractivity contribution in [2.75, 3.05) is 6.54 Å². The van der Waals surface area contributed by atoms with Gasteiger partial charge in [-0.05, 0) is 19.8 Å². The standard InChI is InChI=1S/C12H19N3O3S/c1-3-11-13-8-12(14-11)19(17,18)15-6-4-5-10(15)7-9(2)16/h8,10H,3-7H2,1-2H3,(H,13,14). The Morgan fingerprint density at radius 2 is 2.32 bits per heavy atom. The third-order valence-corrected chi connectivity index (χ3v) is 5.23. The molecule has 0 bridgehead atoms. The average Bonchev–Trinajstić information content (AvgIpc) is 2.95. The molecule has 2 rings (SSSR count). The number of Topliss-reactive ketones (excluding diaryl/α,β-unsaturated/α-hetero) is 1. The summed E-state index contributed by atoms with van der Waals surface area (Å²) in [5, 5.41) is 0.125. The van der Waals surface area contributed by atoms with Gasteiger partial charge in [0.1, 0.15) is 11.6 Å². The lowest BCUT2D eigenvalue weighted by atomic mass is 10.1. The number of hydrogen-bond donors (Lipinski definition) is 1. The van der Waals surface area contributed by atoms with Gasteiger partial charge in [-0.3, -0.25) is 4.79 Å². The van der Waals surface area contributed by atoms with E-state index < -0.39 is 10.0 Å². The summed E-state index contributed by atoms with van der Waals surface area (Å²) in [4.78, 5) is 18.1. The number of imidazole rings is 1. The Hall–Kier alpha value is -1.21. The fourth-order valence-electron chi connectivity index (χ4n) is 2.44. The van der Waals surface area contributed by atoms with E-state index in [1.165, 1.54) is 17.4 Å². The number of nitrogens with zero attached hydrogens (tertiary/aromatic N) is 2. The van der Waals surface area contributed by atoms with Gasteiger partial charge in [0.05, 0.1) is 6.20 Å². The molecule has 1 atom stereocenters. The molecule has 6 nitrogen and oxygen atoms in total. The smallest absolute Gasteiger partial charge is 0.260 e. The third-order valence-electron chi connectivity index (χ3n) is 3.37. The lowest BCUT2D eigenvalue weighted by Gasteiger charge is -2.22. The summed E-state index contributed by atoms with van der Waals surface area (Å²) in [7, 11) is -3.56. The van der Waals surface area contributed by atoms with Gasteiger partial charge in [-0.25, -0.2) is 13.4 Å². The van der Waals surface area contributed by atoms with Crippen molar-refractivity contribution in [1.29, 1.82) is 0 Å². The van der Waals surface area contributed by atoms with Crippen LogP contribution in [-0.2, 0) is 21.2 Å². The Labute approximate surface area is 113 Å². The number of carbonyl (C=O) groups excluding carboxylic acids is 1. The van der Waals surface area contributed by atoms with Crippen LogP contribution in [0.15, 0.2) is 11.2 Å². The minimum atomic E-state index is -3.56. The number of sulfonamides is 1. The topological polar surface area (TPSA) is 83.1 Å². The Kier molecular flexibility index (Phi) is 4.05. The second-order valence-corrected chi connectivity index (χ2v) is 6.72. The van der Waals surface area contributed by atoms with Crippen LogP contribution in [0.2, 0.25) is 0 Å². The van der Waals surface area contributed by atoms with Gasteiger partial charge in [-0.15, -0.1) is 0 Å². The van der Waals surface area contributed by atoms with Crippen molar-refractivity contribution in [1.82, 2.24) is 14.3 Å². The zero-order valence-corrected chi connectivity index (χ0v) is 12.0. The van der Waals surface area contributed by atoms with Gasteiger partial charge >= 0.3 is 0 Å². The molecule has 0 aromatic carbocycles. The molecule has 0 aliphatic carbocycles. The summed E-state index contributed by atoms with van der Waals surface area (Å²) in [5.74, 6) is 0.673. The molecule has 1 aromatic heterocycles. The maximum Gasteiger partial charge on any atom is 0.260 e.